The van der Waals surface area contributed by atoms with Crippen LogP contribution in [0.25, 0.3) is 0 Å². The molecule has 3 heteroatoms. The number of ketones is 2. The van der Waals surface area contributed by atoms with E-state index >= 15 is 0 Å². The van der Waals surface area contributed by atoms with Gasteiger partial charge in [-0.25, -0.2) is 0 Å². The zero-order chi connectivity index (χ0) is 15.9. The third-order valence-electron chi connectivity index (χ3n) is 3.69. The molecule has 0 aliphatic carbocycles. The summed E-state index contributed by atoms with van der Waals surface area (Å²) in [5.74, 6) is -0.458. The zero-order valence-corrected chi connectivity index (χ0v) is 12.7. The van der Waals surface area contributed by atoms with Gasteiger partial charge in [0.15, 0.2) is 0 Å². The minimum Gasteiger partial charge on any atom is -0.368 e. The fraction of sp³-hybridized carbons (Fsp3) is 0.333. The molecule has 0 amide bonds. The van der Waals surface area contributed by atoms with Crippen molar-refractivity contribution < 1.29 is 14.3 Å². The average molecular weight is 286 g/mol. The van der Waals surface area contributed by atoms with Crippen LogP contribution in [0.15, 0.2) is 55.6 Å². The highest BCUT2D eigenvalue weighted by Gasteiger charge is 2.46. The van der Waals surface area contributed by atoms with Crippen LogP contribution in [0.1, 0.15) is 25.8 Å². The Hall–Kier alpha value is -2.00. The number of benzene rings is 1. The molecule has 1 atom stereocenters. The van der Waals surface area contributed by atoms with Gasteiger partial charge in [0, 0.05) is 0 Å². The Balaban J connectivity index is 3.02. The molecule has 21 heavy (non-hydrogen) atoms. The van der Waals surface area contributed by atoms with Gasteiger partial charge in [0.1, 0.15) is 17.0 Å². The summed E-state index contributed by atoms with van der Waals surface area (Å²) in [6.45, 7) is 10.5. The van der Waals surface area contributed by atoms with E-state index in [1.807, 2.05) is 30.3 Å². The highest BCUT2D eigenvalue weighted by Crippen LogP contribution is 2.33. The highest BCUT2D eigenvalue weighted by molar-refractivity contribution is 6.06. The molecule has 0 saturated carbocycles. The van der Waals surface area contributed by atoms with Crippen molar-refractivity contribution in [2.24, 2.45) is 5.41 Å². The van der Waals surface area contributed by atoms with Crippen molar-refractivity contribution in [3.8, 4) is 0 Å². The summed E-state index contributed by atoms with van der Waals surface area (Å²) >= 11 is 0. The van der Waals surface area contributed by atoms with Crippen LogP contribution >= 0.6 is 0 Å². The first-order chi connectivity index (χ1) is 9.98. The third kappa shape index (κ3) is 3.76. The minimum absolute atomic E-state index is 0.229. The molecule has 1 rings (SSSR count). The molecule has 0 saturated heterocycles. The van der Waals surface area contributed by atoms with Crippen LogP contribution in [0.5, 0.6) is 0 Å². The lowest BCUT2D eigenvalue weighted by molar-refractivity contribution is -0.147. The SMILES string of the molecule is C=CCC(C(C)=O)(C(C)=O)C(C=C)OCc1ccccc1. The first-order valence-electron chi connectivity index (χ1n) is 6.90. The quantitative estimate of drug-likeness (QED) is 0.515. The molecule has 0 spiro atoms. The van der Waals surface area contributed by atoms with E-state index in [2.05, 4.69) is 13.2 Å². The summed E-state index contributed by atoms with van der Waals surface area (Å²) in [7, 11) is 0. The van der Waals surface area contributed by atoms with E-state index in [0.717, 1.165) is 5.56 Å². The molecule has 0 N–H and O–H groups in total. The maximum Gasteiger partial charge on any atom is 0.146 e. The Morgan fingerprint density at radius 1 is 1.19 bits per heavy atom. The largest absolute Gasteiger partial charge is 0.368 e. The van der Waals surface area contributed by atoms with Crippen molar-refractivity contribution in [3.63, 3.8) is 0 Å². The summed E-state index contributed by atoms with van der Waals surface area (Å²) in [5.41, 5.74) is -0.262. The summed E-state index contributed by atoms with van der Waals surface area (Å²) in [6.07, 6.45) is 2.66. The van der Waals surface area contributed by atoms with E-state index in [-0.39, 0.29) is 18.0 Å². The lowest BCUT2D eigenvalue weighted by Gasteiger charge is -2.34. The third-order valence-corrected chi connectivity index (χ3v) is 3.69. The molecule has 3 nitrogen and oxygen atoms in total. The zero-order valence-electron chi connectivity index (χ0n) is 12.7. The molecule has 0 radical (unpaired) electrons. The lowest BCUT2D eigenvalue weighted by atomic mass is 9.72. The topological polar surface area (TPSA) is 43.4 Å². The van der Waals surface area contributed by atoms with Gasteiger partial charge in [-0.05, 0) is 25.8 Å². The van der Waals surface area contributed by atoms with E-state index in [4.69, 9.17) is 4.74 Å². The maximum absolute atomic E-state index is 12.1. The second kappa shape index (κ2) is 7.70. The second-order valence-corrected chi connectivity index (χ2v) is 5.03. The monoisotopic (exact) mass is 286 g/mol. The van der Waals surface area contributed by atoms with E-state index in [0.29, 0.717) is 6.61 Å². The number of carbonyl (C=O) groups excluding carboxylic acids is 2. The van der Waals surface area contributed by atoms with Crippen molar-refractivity contribution >= 4 is 11.6 Å². The van der Waals surface area contributed by atoms with Gasteiger partial charge < -0.3 is 4.74 Å². The molecule has 112 valence electrons. The molecule has 0 aromatic heterocycles. The van der Waals surface area contributed by atoms with E-state index in [1.54, 1.807) is 6.08 Å². The smallest absolute Gasteiger partial charge is 0.146 e. The predicted molar refractivity (Wildman–Crippen MR) is 83.8 cm³/mol. The van der Waals surface area contributed by atoms with Crippen LogP contribution < -0.4 is 0 Å². The summed E-state index contributed by atoms with van der Waals surface area (Å²) in [5, 5.41) is 0. The van der Waals surface area contributed by atoms with Crippen molar-refractivity contribution in [1.29, 1.82) is 0 Å². The van der Waals surface area contributed by atoms with Crippen molar-refractivity contribution in [2.75, 3.05) is 0 Å². The van der Waals surface area contributed by atoms with Crippen molar-refractivity contribution in [2.45, 2.75) is 33.0 Å². The fourth-order valence-corrected chi connectivity index (χ4v) is 2.45. The fourth-order valence-electron chi connectivity index (χ4n) is 2.45. The number of allylic oxidation sites excluding steroid dienone is 1. The molecule has 1 unspecified atom stereocenters. The van der Waals surface area contributed by atoms with Crippen molar-refractivity contribution in [1.82, 2.24) is 0 Å². The summed E-state index contributed by atoms with van der Waals surface area (Å²) in [6, 6.07) is 9.60. The maximum atomic E-state index is 12.1. The first kappa shape index (κ1) is 17.1. The number of hydrogen-bond acceptors (Lipinski definition) is 3. The van der Waals surface area contributed by atoms with E-state index in [1.165, 1.54) is 19.9 Å². The standard InChI is InChI=1S/C18H22O3/c1-5-12-18(14(3)19,15(4)20)17(6-2)21-13-16-10-8-7-9-11-16/h5-11,17H,1-2,12-13H2,3-4H3. The lowest BCUT2D eigenvalue weighted by Crippen LogP contribution is -2.47. The number of hydrogen-bond donors (Lipinski definition) is 0. The Bertz CT molecular complexity index is 503. The second-order valence-electron chi connectivity index (χ2n) is 5.03. The molecular formula is C18H22O3. The normalized spacial score (nSPS) is 12.5. The van der Waals surface area contributed by atoms with Crippen LogP contribution in [-0.4, -0.2) is 17.7 Å². The van der Waals surface area contributed by atoms with Gasteiger partial charge >= 0.3 is 0 Å². The average Bonchev–Trinajstić information content (AvgIpc) is 2.47. The predicted octanol–water partition coefficient (Wildman–Crippen LogP) is 3.50. The number of ether oxygens (including phenoxy) is 1. The highest BCUT2D eigenvalue weighted by atomic mass is 16.5. The van der Waals surface area contributed by atoms with Crippen molar-refractivity contribution in [3.05, 3.63) is 61.2 Å². The van der Waals surface area contributed by atoms with Gasteiger partial charge in [0.05, 0.1) is 12.7 Å². The number of carbonyl (C=O) groups is 2. The van der Waals surface area contributed by atoms with Gasteiger partial charge in [-0.15, -0.1) is 13.2 Å². The Morgan fingerprint density at radius 2 is 1.76 bits per heavy atom. The molecule has 1 aromatic carbocycles. The first-order valence-corrected chi connectivity index (χ1v) is 6.90. The number of rotatable bonds is 9. The summed E-state index contributed by atoms with van der Waals surface area (Å²) < 4.78 is 5.81. The van der Waals surface area contributed by atoms with Crippen LogP contribution in [0.4, 0.5) is 0 Å². The van der Waals surface area contributed by atoms with E-state index in [9.17, 15) is 9.59 Å². The molecule has 0 aliphatic heterocycles. The van der Waals surface area contributed by atoms with Gasteiger partial charge in [0.2, 0.25) is 0 Å². The van der Waals surface area contributed by atoms with Gasteiger partial charge in [0.25, 0.3) is 0 Å². The Morgan fingerprint density at radius 3 is 2.19 bits per heavy atom. The molecule has 0 heterocycles. The molecule has 1 aromatic rings. The van der Waals surface area contributed by atoms with Gasteiger partial charge in [-0.1, -0.05) is 42.5 Å². The van der Waals surface area contributed by atoms with Gasteiger partial charge in [-0.2, -0.15) is 0 Å². The minimum atomic E-state index is -1.24. The van der Waals surface area contributed by atoms with E-state index < -0.39 is 11.5 Å². The molecular weight excluding hydrogens is 264 g/mol. The van der Waals surface area contributed by atoms with Crippen LogP contribution in [0.2, 0.25) is 0 Å². The van der Waals surface area contributed by atoms with Crippen LogP contribution in [-0.2, 0) is 20.9 Å². The molecule has 0 bridgehead atoms. The number of Topliss-reactive ketones (excluding diaryl/α,β-unsaturated/α-hetero) is 2. The van der Waals surface area contributed by atoms with Gasteiger partial charge in [-0.3, -0.25) is 9.59 Å². The van der Waals surface area contributed by atoms with Crippen LogP contribution in [0.3, 0.4) is 0 Å². The Kier molecular flexibility index (Phi) is 6.25. The van der Waals surface area contributed by atoms with Crippen LogP contribution in [0, 0.1) is 5.41 Å². The Labute approximate surface area is 126 Å². The summed E-state index contributed by atoms with van der Waals surface area (Å²) in [4.78, 5) is 24.2. The molecule has 0 aliphatic rings. The molecule has 0 fully saturated rings.